The van der Waals surface area contributed by atoms with Crippen molar-refractivity contribution >= 4 is 44.0 Å². The minimum Gasteiger partial charge on any atom is -0.293 e. The van der Waals surface area contributed by atoms with E-state index in [1.165, 1.54) is 16.5 Å². The molecule has 0 fully saturated rings. The second-order valence-electron chi connectivity index (χ2n) is 9.51. The summed E-state index contributed by atoms with van der Waals surface area (Å²) in [5.74, 6) is 0. The van der Waals surface area contributed by atoms with Gasteiger partial charge in [0, 0.05) is 33.6 Å². The van der Waals surface area contributed by atoms with Crippen LogP contribution in [0.2, 0.25) is 0 Å². The second-order valence-corrected chi connectivity index (χ2v) is 9.51. The molecule has 8 aromatic rings. The number of nitrogens with zero attached hydrogens (tertiary/aromatic N) is 4. The molecular weight excluding hydrogens is 464 g/mol. The van der Waals surface area contributed by atoms with E-state index in [1.54, 1.807) is 0 Å². The van der Waals surface area contributed by atoms with E-state index in [1.807, 2.05) is 18.3 Å². The van der Waals surface area contributed by atoms with Gasteiger partial charge in [0.15, 0.2) is 0 Å². The molecule has 0 bridgehead atoms. The van der Waals surface area contributed by atoms with Gasteiger partial charge in [-0.1, -0.05) is 84.9 Å². The molecule has 4 aromatic heterocycles. The molecule has 0 aliphatic carbocycles. The third-order valence-corrected chi connectivity index (χ3v) is 7.37. The van der Waals surface area contributed by atoms with Gasteiger partial charge in [-0.05, 0) is 48.0 Å². The first kappa shape index (κ1) is 20.9. The van der Waals surface area contributed by atoms with Crippen molar-refractivity contribution in [3.63, 3.8) is 0 Å². The van der Waals surface area contributed by atoms with Gasteiger partial charge in [0.25, 0.3) is 0 Å². The molecule has 0 unspecified atom stereocenters. The SMILES string of the molecule is c1ccc(-c2ccccc2-n2c3ccccc3c3cc4c5ncccc5n(-c5ccccc5)c4nc32)cc1. The van der Waals surface area contributed by atoms with Crippen LogP contribution in [0.15, 0.2) is 134 Å². The van der Waals surface area contributed by atoms with Crippen LogP contribution < -0.4 is 0 Å². The van der Waals surface area contributed by atoms with Crippen LogP contribution in [0.3, 0.4) is 0 Å². The minimum absolute atomic E-state index is 0.902. The quantitative estimate of drug-likeness (QED) is 0.252. The maximum absolute atomic E-state index is 5.43. The molecule has 4 heterocycles. The van der Waals surface area contributed by atoms with Gasteiger partial charge in [-0.2, -0.15) is 0 Å². The Bertz CT molecular complexity index is 2120. The minimum atomic E-state index is 0.902. The van der Waals surface area contributed by atoms with Crippen molar-refractivity contribution in [2.24, 2.45) is 0 Å². The number of para-hydroxylation sites is 3. The van der Waals surface area contributed by atoms with Gasteiger partial charge in [-0.3, -0.25) is 14.1 Å². The summed E-state index contributed by atoms with van der Waals surface area (Å²) in [6.45, 7) is 0. The van der Waals surface area contributed by atoms with Crippen LogP contribution in [0.1, 0.15) is 0 Å². The lowest BCUT2D eigenvalue weighted by Gasteiger charge is -2.13. The zero-order chi connectivity index (χ0) is 25.1. The first-order valence-electron chi connectivity index (χ1n) is 12.8. The van der Waals surface area contributed by atoms with Crippen LogP contribution in [-0.2, 0) is 0 Å². The molecule has 0 atom stereocenters. The van der Waals surface area contributed by atoms with Crippen LogP contribution in [-0.4, -0.2) is 19.1 Å². The van der Waals surface area contributed by atoms with Gasteiger partial charge in [-0.15, -0.1) is 0 Å². The van der Waals surface area contributed by atoms with Crippen LogP contribution >= 0.6 is 0 Å². The van der Waals surface area contributed by atoms with E-state index in [0.29, 0.717) is 0 Å². The molecule has 0 spiro atoms. The van der Waals surface area contributed by atoms with Crippen LogP contribution in [0.5, 0.6) is 0 Å². The van der Waals surface area contributed by atoms with E-state index in [-0.39, 0.29) is 0 Å². The topological polar surface area (TPSA) is 35.6 Å². The lowest BCUT2D eigenvalue weighted by Crippen LogP contribution is -2.00. The highest BCUT2D eigenvalue weighted by Crippen LogP contribution is 2.38. The molecule has 0 radical (unpaired) electrons. The molecule has 0 amide bonds. The molecule has 0 aliphatic heterocycles. The van der Waals surface area contributed by atoms with Crippen molar-refractivity contribution in [3.05, 3.63) is 134 Å². The molecular formula is C34H22N4. The van der Waals surface area contributed by atoms with Crippen molar-refractivity contribution in [2.75, 3.05) is 0 Å². The Morgan fingerprint density at radius 2 is 1.18 bits per heavy atom. The molecule has 0 N–H and O–H groups in total. The molecule has 178 valence electrons. The zero-order valence-corrected chi connectivity index (χ0v) is 20.5. The Morgan fingerprint density at radius 3 is 2.05 bits per heavy atom. The van der Waals surface area contributed by atoms with Crippen molar-refractivity contribution < 1.29 is 0 Å². The molecule has 0 saturated heterocycles. The molecule has 4 aromatic carbocycles. The van der Waals surface area contributed by atoms with Gasteiger partial charge in [0.1, 0.15) is 11.3 Å². The number of aromatic nitrogens is 4. The maximum atomic E-state index is 5.43. The average molecular weight is 487 g/mol. The lowest BCUT2D eigenvalue weighted by atomic mass is 10.0. The summed E-state index contributed by atoms with van der Waals surface area (Å²) in [6.07, 6.45) is 1.86. The first-order valence-corrected chi connectivity index (χ1v) is 12.8. The summed E-state index contributed by atoms with van der Waals surface area (Å²) in [5.41, 5.74) is 9.50. The van der Waals surface area contributed by atoms with E-state index in [0.717, 1.165) is 50.0 Å². The Labute approximate surface area is 219 Å². The Balaban J connectivity index is 1.55. The molecule has 38 heavy (non-hydrogen) atoms. The molecule has 0 saturated carbocycles. The number of hydrogen-bond donors (Lipinski definition) is 0. The van der Waals surface area contributed by atoms with Gasteiger partial charge in [-0.25, -0.2) is 4.98 Å². The van der Waals surface area contributed by atoms with Gasteiger partial charge < -0.3 is 0 Å². The Hall–Kier alpha value is -5.22. The summed E-state index contributed by atoms with van der Waals surface area (Å²) in [5, 5.41) is 3.35. The molecule has 8 rings (SSSR count). The van der Waals surface area contributed by atoms with Crippen LogP contribution in [0.4, 0.5) is 0 Å². The third-order valence-electron chi connectivity index (χ3n) is 7.37. The second kappa shape index (κ2) is 8.15. The predicted octanol–water partition coefficient (Wildman–Crippen LogP) is 8.34. The summed E-state index contributed by atoms with van der Waals surface area (Å²) in [6, 6.07) is 44.5. The van der Waals surface area contributed by atoms with Gasteiger partial charge in [0.05, 0.1) is 22.2 Å². The standard InChI is InChI=1S/C34H22N4/c1-3-12-23(13-4-1)25-16-7-9-18-29(25)38-30-19-10-8-17-26(30)27-22-28-32-31(20-11-21-35-32)37(34(28)36-33(27)38)24-14-5-2-6-15-24/h1-22H. The predicted molar refractivity (Wildman–Crippen MR) is 156 cm³/mol. The fourth-order valence-electron chi connectivity index (χ4n) is 5.73. The highest BCUT2D eigenvalue weighted by atomic mass is 15.1. The van der Waals surface area contributed by atoms with Gasteiger partial charge >= 0.3 is 0 Å². The van der Waals surface area contributed by atoms with E-state index in [9.17, 15) is 0 Å². The number of hydrogen-bond acceptors (Lipinski definition) is 2. The smallest absolute Gasteiger partial charge is 0.149 e. The summed E-state index contributed by atoms with van der Waals surface area (Å²) in [7, 11) is 0. The van der Waals surface area contributed by atoms with Crippen molar-refractivity contribution in [3.8, 4) is 22.5 Å². The highest BCUT2D eigenvalue weighted by Gasteiger charge is 2.21. The molecule has 4 nitrogen and oxygen atoms in total. The molecule has 4 heteroatoms. The zero-order valence-electron chi connectivity index (χ0n) is 20.5. The Morgan fingerprint density at radius 1 is 0.500 bits per heavy atom. The van der Waals surface area contributed by atoms with E-state index >= 15 is 0 Å². The normalized spacial score (nSPS) is 11.7. The van der Waals surface area contributed by atoms with Gasteiger partial charge in [0.2, 0.25) is 0 Å². The highest BCUT2D eigenvalue weighted by molar-refractivity contribution is 6.16. The van der Waals surface area contributed by atoms with Crippen molar-refractivity contribution in [2.45, 2.75) is 0 Å². The number of benzene rings is 4. The summed E-state index contributed by atoms with van der Waals surface area (Å²) in [4.78, 5) is 10.2. The van der Waals surface area contributed by atoms with Crippen LogP contribution in [0.25, 0.3) is 66.5 Å². The monoisotopic (exact) mass is 486 g/mol. The average Bonchev–Trinajstić information content (AvgIpc) is 3.49. The molecule has 0 aliphatic rings. The van der Waals surface area contributed by atoms with E-state index in [4.69, 9.17) is 9.97 Å². The fourth-order valence-corrected chi connectivity index (χ4v) is 5.73. The largest absolute Gasteiger partial charge is 0.293 e. The number of pyridine rings is 2. The maximum Gasteiger partial charge on any atom is 0.149 e. The van der Waals surface area contributed by atoms with Crippen molar-refractivity contribution in [1.82, 2.24) is 19.1 Å². The summed E-state index contributed by atoms with van der Waals surface area (Å²) < 4.78 is 4.54. The fraction of sp³-hybridized carbons (Fsp3) is 0. The Kier molecular flexibility index (Phi) is 4.49. The van der Waals surface area contributed by atoms with E-state index in [2.05, 4.69) is 124 Å². The third kappa shape index (κ3) is 2.98. The summed E-state index contributed by atoms with van der Waals surface area (Å²) >= 11 is 0. The first-order chi connectivity index (χ1) is 18.9. The number of fused-ring (bicyclic) bond motifs is 6. The number of rotatable bonds is 3. The van der Waals surface area contributed by atoms with Crippen LogP contribution in [0, 0.1) is 0 Å². The lowest BCUT2D eigenvalue weighted by molar-refractivity contribution is 1.11. The van der Waals surface area contributed by atoms with E-state index < -0.39 is 0 Å². The van der Waals surface area contributed by atoms with Crippen molar-refractivity contribution in [1.29, 1.82) is 0 Å².